The SMILES string of the molecule is Cc1ccc(NC(=O)CSc2nnc(COc3ccc(C)c(C)c3)o2)c(C)c1. The fourth-order valence-corrected chi connectivity index (χ4v) is 3.15. The molecular formula is C21H23N3O3S. The minimum Gasteiger partial charge on any atom is -0.484 e. The minimum atomic E-state index is -0.122. The molecule has 0 saturated carbocycles. The van der Waals surface area contributed by atoms with E-state index in [4.69, 9.17) is 9.15 Å². The number of rotatable bonds is 7. The van der Waals surface area contributed by atoms with Crippen molar-refractivity contribution in [3.05, 3.63) is 64.5 Å². The molecule has 0 aliphatic carbocycles. The number of hydrogen-bond acceptors (Lipinski definition) is 6. The zero-order chi connectivity index (χ0) is 20.1. The predicted octanol–water partition coefficient (Wildman–Crippen LogP) is 4.61. The maximum Gasteiger partial charge on any atom is 0.277 e. The van der Waals surface area contributed by atoms with Crippen molar-refractivity contribution < 1.29 is 13.9 Å². The van der Waals surface area contributed by atoms with Gasteiger partial charge in [-0.15, -0.1) is 10.2 Å². The third-order valence-corrected chi connectivity index (χ3v) is 5.09. The topological polar surface area (TPSA) is 77.2 Å². The van der Waals surface area contributed by atoms with Gasteiger partial charge in [-0.2, -0.15) is 0 Å². The van der Waals surface area contributed by atoms with E-state index in [9.17, 15) is 4.79 Å². The first-order chi connectivity index (χ1) is 13.4. The summed E-state index contributed by atoms with van der Waals surface area (Å²) in [6, 6.07) is 11.8. The van der Waals surface area contributed by atoms with Crippen LogP contribution < -0.4 is 10.1 Å². The van der Waals surface area contributed by atoms with E-state index >= 15 is 0 Å². The first-order valence-corrected chi connectivity index (χ1v) is 9.91. The molecule has 0 radical (unpaired) electrons. The summed E-state index contributed by atoms with van der Waals surface area (Å²) in [6.07, 6.45) is 0. The van der Waals surface area contributed by atoms with Gasteiger partial charge >= 0.3 is 0 Å². The molecule has 0 atom stereocenters. The van der Waals surface area contributed by atoms with Gasteiger partial charge in [0.1, 0.15) is 5.75 Å². The van der Waals surface area contributed by atoms with Crippen molar-refractivity contribution in [1.29, 1.82) is 0 Å². The predicted molar refractivity (Wildman–Crippen MR) is 110 cm³/mol. The van der Waals surface area contributed by atoms with Crippen LogP contribution in [0.15, 0.2) is 46.0 Å². The highest BCUT2D eigenvalue weighted by Crippen LogP contribution is 2.21. The molecule has 7 heteroatoms. The van der Waals surface area contributed by atoms with Crippen LogP contribution in [0.4, 0.5) is 5.69 Å². The van der Waals surface area contributed by atoms with E-state index in [1.807, 2.05) is 57.2 Å². The molecule has 0 bridgehead atoms. The Morgan fingerprint density at radius 3 is 2.61 bits per heavy atom. The van der Waals surface area contributed by atoms with Crippen LogP contribution in [0, 0.1) is 27.7 Å². The van der Waals surface area contributed by atoms with E-state index in [0.29, 0.717) is 11.1 Å². The Kier molecular flexibility index (Phi) is 6.36. The first kappa shape index (κ1) is 19.9. The van der Waals surface area contributed by atoms with Crippen molar-refractivity contribution in [2.45, 2.75) is 39.5 Å². The molecule has 0 spiro atoms. The molecule has 1 N–H and O–H groups in total. The number of ether oxygens (including phenoxy) is 1. The van der Waals surface area contributed by atoms with E-state index in [-0.39, 0.29) is 18.3 Å². The number of nitrogens with zero attached hydrogens (tertiary/aromatic N) is 2. The number of aromatic nitrogens is 2. The van der Waals surface area contributed by atoms with Crippen LogP contribution >= 0.6 is 11.8 Å². The molecule has 0 aliphatic rings. The van der Waals surface area contributed by atoms with Gasteiger partial charge in [-0.3, -0.25) is 4.79 Å². The summed E-state index contributed by atoms with van der Waals surface area (Å²) >= 11 is 1.20. The van der Waals surface area contributed by atoms with Gasteiger partial charge < -0.3 is 14.5 Å². The number of amides is 1. The highest BCUT2D eigenvalue weighted by molar-refractivity contribution is 7.99. The van der Waals surface area contributed by atoms with E-state index in [1.165, 1.54) is 17.3 Å². The van der Waals surface area contributed by atoms with Crippen LogP contribution in [0.2, 0.25) is 0 Å². The largest absolute Gasteiger partial charge is 0.484 e. The summed E-state index contributed by atoms with van der Waals surface area (Å²) in [5, 5.41) is 11.2. The van der Waals surface area contributed by atoms with Crippen molar-refractivity contribution in [3.8, 4) is 5.75 Å². The second-order valence-electron chi connectivity index (χ2n) is 6.65. The summed E-state index contributed by atoms with van der Waals surface area (Å²) in [5.74, 6) is 1.19. The van der Waals surface area contributed by atoms with Crippen molar-refractivity contribution >= 4 is 23.4 Å². The van der Waals surface area contributed by atoms with Gasteiger partial charge in [-0.05, 0) is 62.6 Å². The molecule has 0 saturated heterocycles. The number of benzene rings is 2. The number of hydrogen-bond donors (Lipinski definition) is 1. The maximum absolute atomic E-state index is 12.2. The average Bonchev–Trinajstić information content (AvgIpc) is 3.11. The van der Waals surface area contributed by atoms with Crippen LogP contribution in [0.5, 0.6) is 5.75 Å². The Bertz CT molecular complexity index is 985. The lowest BCUT2D eigenvalue weighted by molar-refractivity contribution is -0.113. The van der Waals surface area contributed by atoms with E-state index in [0.717, 1.165) is 28.1 Å². The zero-order valence-electron chi connectivity index (χ0n) is 16.4. The van der Waals surface area contributed by atoms with Crippen LogP contribution in [-0.2, 0) is 11.4 Å². The number of carbonyl (C=O) groups excluding carboxylic acids is 1. The number of anilines is 1. The van der Waals surface area contributed by atoms with Gasteiger partial charge in [-0.25, -0.2) is 0 Å². The lowest BCUT2D eigenvalue weighted by Crippen LogP contribution is -2.14. The molecule has 3 rings (SSSR count). The summed E-state index contributed by atoms with van der Waals surface area (Å²) in [5.41, 5.74) is 5.37. The number of aryl methyl sites for hydroxylation is 4. The summed E-state index contributed by atoms with van der Waals surface area (Å²) in [4.78, 5) is 12.2. The monoisotopic (exact) mass is 397 g/mol. The normalized spacial score (nSPS) is 10.7. The lowest BCUT2D eigenvalue weighted by atomic mass is 10.1. The molecule has 0 fully saturated rings. The Labute approximate surface area is 168 Å². The highest BCUT2D eigenvalue weighted by atomic mass is 32.2. The molecular weight excluding hydrogens is 374 g/mol. The van der Waals surface area contributed by atoms with Gasteiger partial charge in [0, 0.05) is 5.69 Å². The molecule has 0 aliphatic heterocycles. The fraction of sp³-hybridized carbons (Fsp3) is 0.286. The zero-order valence-corrected chi connectivity index (χ0v) is 17.2. The van der Waals surface area contributed by atoms with E-state index < -0.39 is 0 Å². The standard InChI is InChI=1S/C21H23N3O3S/c1-13-5-8-18(16(4)9-13)22-19(25)12-28-21-24-23-20(27-21)11-26-17-7-6-14(2)15(3)10-17/h5-10H,11-12H2,1-4H3,(H,22,25). The Morgan fingerprint density at radius 2 is 1.86 bits per heavy atom. The quantitative estimate of drug-likeness (QED) is 0.587. The second-order valence-corrected chi connectivity index (χ2v) is 7.58. The van der Waals surface area contributed by atoms with Crippen LogP contribution in [0.3, 0.4) is 0 Å². The van der Waals surface area contributed by atoms with Gasteiger partial charge in [0.15, 0.2) is 6.61 Å². The van der Waals surface area contributed by atoms with Crippen LogP contribution in [0.1, 0.15) is 28.1 Å². The Balaban J connectivity index is 1.48. The second kappa shape index (κ2) is 8.93. The van der Waals surface area contributed by atoms with Crippen molar-refractivity contribution in [2.24, 2.45) is 0 Å². The molecule has 0 unspecified atom stereocenters. The third-order valence-electron chi connectivity index (χ3n) is 4.27. The first-order valence-electron chi connectivity index (χ1n) is 8.93. The fourth-order valence-electron chi connectivity index (χ4n) is 2.57. The molecule has 2 aromatic carbocycles. The molecule has 1 aromatic heterocycles. The van der Waals surface area contributed by atoms with E-state index in [1.54, 1.807) is 0 Å². The molecule has 146 valence electrons. The van der Waals surface area contributed by atoms with Crippen molar-refractivity contribution in [3.63, 3.8) is 0 Å². The number of nitrogens with one attached hydrogen (secondary N) is 1. The van der Waals surface area contributed by atoms with Crippen LogP contribution in [0.25, 0.3) is 0 Å². The molecule has 28 heavy (non-hydrogen) atoms. The summed E-state index contributed by atoms with van der Waals surface area (Å²) < 4.78 is 11.2. The number of thioether (sulfide) groups is 1. The molecule has 1 amide bonds. The third kappa shape index (κ3) is 5.36. The summed E-state index contributed by atoms with van der Waals surface area (Å²) in [6.45, 7) is 8.26. The molecule has 3 aromatic rings. The smallest absolute Gasteiger partial charge is 0.277 e. The minimum absolute atomic E-state index is 0.122. The van der Waals surface area contributed by atoms with Gasteiger partial charge in [-0.1, -0.05) is 35.5 Å². The summed E-state index contributed by atoms with van der Waals surface area (Å²) in [7, 11) is 0. The Hall–Kier alpha value is -2.80. The van der Waals surface area contributed by atoms with Gasteiger partial charge in [0.25, 0.3) is 11.1 Å². The number of carbonyl (C=O) groups is 1. The maximum atomic E-state index is 12.2. The highest BCUT2D eigenvalue weighted by Gasteiger charge is 2.11. The van der Waals surface area contributed by atoms with Crippen LogP contribution in [-0.4, -0.2) is 21.9 Å². The lowest BCUT2D eigenvalue weighted by Gasteiger charge is -2.08. The van der Waals surface area contributed by atoms with Gasteiger partial charge in [0.2, 0.25) is 5.91 Å². The Morgan fingerprint density at radius 1 is 1.04 bits per heavy atom. The average molecular weight is 398 g/mol. The van der Waals surface area contributed by atoms with Crippen molar-refractivity contribution in [1.82, 2.24) is 10.2 Å². The van der Waals surface area contributed by atoms with E-state index in [2.05, 4.69) is 22.4 Å². The van der Waals surface area contributed by atoms with Gasteiger partial charge in [0.05, 0.1) is 5.75 Å². The van der Waals surface area contributed by atoms with Crippen molar-refractivity contribution in [2.75, 3.05) is 11.1 Å². The molecule has 6 nitrogen and oxygen atoms in total. The molecule has 1 heterocycles.